The maximum absolute atomic E-state index is 5.89. The monoisotopic (exact) mass is 250 g/mol. The highest BCUT2D eigenvalue weighted by Crippen LogP contribution is 2.30. The Kier molecular flexibility index (Phi) is 3.97. The molecule has 0 unspecified atom stereocenters. The second-order valence-corrected chi connectivity index (χ2v) is 5.09. The number of benzene rings is 1. The first kappa shape index (κ1) is 13.0. The van der Waals surface area contributed by atoms with Gasteiger partial charge >= 0.3 is 0 Å². The summed E-state index contributed by atoms with van der Waals surface area (Å²) in [5.74, 6) is 0.748. The molecule has 1 aromatic carbocycles. The molecule has 4 nitrogen and oxygen atoms in total. The molecule has 4 heteroatoms. The smallest absolute Gasteiger partial charge is 0.144 e. The minimum absolute atomic E-state index is 0.129. The summed E-state index contributed by atoms with van der Waals surface area (Å²) in [7, 11) is 1.76. The molecule has 0 saturated heterocycles. The van der Waals surface area contributed by atoms with Gasteiger partial charge in [0.1, 0.15) is 5.75 Å². The van der Waals surface area contributed by atoms with Crippen LogP contribution in [0.25, 0.3) is 0 Å². The largest absolute Gasteiger partial charge is 0.489 e. The normalized spacial score (nSPS) is 22.7. The Morgan fingerprint density at radius 3 is 2.67 bits per heavy atom. The molecule has 0 spiro atoms. The molecular formula is C14H22N2O2. The van der Waals surface area contributed by atoms with E-state index in [-0.39, 0.29) is 6.10 Å². The number of ether oxygens (including phenoxy) is 2. The van der Waals surface area contributed by atoms with Crippen LogP contribution >= 0.6 is 0 Å². The van der Waals surface area contributed by atoms with Crippen molar-refractivity contribution in [3.05, 3.63) is 18.2 Å². The molecule has 0 atom stereocenters. The third-order valence-electron chi connectivity index (χ3n) is 3.18. The number of rotatable bonds is 5. The van der Waals surface area contributed by atoms with Gasteiger partial charge in [0, 0.05) is 24.9 Å². The topological polar surface area (TPSA) is 56.5 Å². The van der Waals surface area contributed by atoms with Crippen LogP contribution in [0.4, 0.5) is 11.4 Å². The molecule has 2 rings (SSSR count). The van der Waals surface area contributed by atoms with E-state index >= 15 is 0 Å². The van der Waals surface area contributed by atoms with Crippen LogP contribution in [0.1, 0.15) is 26.7 Å². The van der Waals surface area contributed by atoms with Crippen molar-refractivity contribution >= 4 is 11.4 Å². The SMILES string of the molecule is COC1CC(Nc2ccc(N)c(OC(C)C)c2)C1. The Labute approximate surface area is 108 Å². The lowest BCUT2D eigenvalue weighted by Gasteiger charge is -2.35. The molecule has 0 aliphatic heterocycles. The van der Waals surface area contributed by atoms with Crippen LogP contribution in [-0.2, 0) is 4.74 Å². The molecule has 0 bridgehead atoms. The van der Waals surface area contributed by atoms with E-state index in [2.05, 4.69) is 5.32 Å². The summed E-state index contributed by atoms with van der Waals surface area (Å²) in [6.07, 6.45) is 2.65. The first-order chi connectivity index (χ1) is 8.58. The Hall–Kier alpha value is -1.42. The third-order valence-corrected chi connectivity index (χ3v) is 3.18. The van der Waals surface area contributed by atoms with Crippen molar-refractivity contribution in [3.63, 3.8) is 0 Å². The molecule has 0 amide bonds. The standard InChI is InChI=1S/C14H22N2O2/c1-9(2)18-14-8-10(4-5-13(14)15)16-11-6-12(7-11)17-3/h4-5,8-9,11-12,16H,6-7,15H2,1-3H3. The molecule has 1 aliphatic rings. The van der Waals surface area contributed by atoms with Crippen molar-refractivity contribution in [1.29, 1.82) is 0 Å². The fourth-order valence-electron chi connectivity index (χ4n) is 2.09. The van der Waals surface area contributed by atoms with Gasteiger partial charge < -0.3 is 20.5 Å². The summed E-state index contributed by atoms with van der Waals surface area (Å²) in [6, 6.07) is 6.33. The molecule has 18 heavy (non-hydrogen) atoms. The molecular weight excluding hydrogens is 228 g/mol. The van der Waals surface area contributed by atoms with Gasteiger partial charge in [0.15, 0.2) is 0 Å². The number of nitrogens with one attached hydrogen (secondary N) is 1. The van der Waals surface area contributed by atoms with E-state index < -0.39 is 0 Å². The first-order valence-electron chi connectivity index (χ1n) is 6.44. The Bertz CT molecular complexity index is 401. The van der Waals surface area contributed by atoms with Gasteiger partial charge in [-0.2, -0.15) is 0 Å². The highest BCUT2D eigenvalue weighted by atomic mass is 16.5. The maximum Gasteiger partial charge on any atom is 0.144 e. The van der Waals surface area contributed by atoms with Gasteiger partial charge in [-0.3, -0.25) is 0 Å². The summed E-state index contributed by atoms with van der Waals surface area (Å²) < 4.78 is 10.9. The Morgan fingerprint density at radius 2 is 2.06 bits per heavy atom. The van der Waals surface area contributed by atoms with Gasteiger partial charge in [-0.25, -0.2) is 0 Å². The number of nitrogen functional groups attached to an aromatic ring is 1. The van der Waals surface area contributed by atoms with E-state index in [1.165, 1.54) is 0 Å². The van der Waals surface area contributed by atoms with Gasteiger partial charge in [0.05, 0.1) is 17.9 Å². The number of anilines is 2. The first-order valence-corrected chi connectivity index (χ1v) is 6.44. The lowest BCUT2D eigenvalue weighted by atomic mass is 9.89. The van der Waals surface area contributed by atoms with Crippen LogP contribution in [0.3, 0.4) is 0 Å². The molecule has 0 radical (unpaired) electrons. The van der Waals surface area contributed by atoms with E-state index in [4.69, 9.17) is 15.2 Å². The minimum Gasteiger partial charge on any atom is -0.489 e. The predicted molar refractivity (Wildman–Crippen MR) is 74.1 cm³/mol. The van der Waals surface area contributed by atoms with Crippen molar-refractivity contribution in [2.24, 2.45) is 0 Å². The molecule has 0 aromatic heterocycles. The number of hydrogen-bond acceptors (Lipinski definition) is 4. The van der Waals surface area contributed by atoms with Gasteiger partial charge in [-0.15, -0.1) is 0 Å². The molecule has 0 heterocycles. The molecule has 100 valence electrons. The number of methoxy groups -OCH3 is 1. The molecule has 1 fully saturated rings. The summed E-state index contributed by atoms with van der Waals surface area (Å²) in [4.78, 5) is 0. The van der Waals surface area contributed by atoms with Gasteiger partial charge in [-0.1, -0.05) is 0 Å². The zero-order valence-electron chi connectivity index (χ0n) is 11.3. The van der Waals surface area contributed by atoms with Gasteiger partial charge in [-0.05, 0) is 38.8 Å². The van der Waals surface area contributed by atoms with Crippen molar-refractivity contribution in [3.8, 4) is 5.75 Å². The highest BCUT2D eigenvalue weighted by molar-refractivity contribution is 5.61. The van der Waals surface area contributed by atoms with Crippen LogP contribution < -0.4 is 15.8 Å². The molecule has 1 aromatic rings. The predicted octanol–water partition coefficient (Wildman–Crippen LogP) is 2.65. The van der Waals surface area contributed by atoms with Gasteiger partial charge in [0.2, 0.25) is 0 Å². The number of hydrogen-bond donors (Lipinski definition) is 2. The summed E-state index contributed by atoms with van der Waals surface area (Å²) in [5, 5.41) is 3.47. The van der Waals surface area contributed by atoms with E-state index in [9.17, 15) is 0 Å². The molecule has 3 N–H and O–H groups in total. The molecule has 1 aliphatic carbocycles. The van der Waals surface area contributed by atoms with Crippen molar-refractivity contribution in [2.75, 3.05) is 18.2 Å². The summed E-state index contributed by atoms with van der Waals surface area (Å²) in [6.45, 7) is 3.99. The average Bonchev–Trinajstić information content (AvgIpc) is 2.26. The van der Waals surface area contributed by atoms with Crippen LogP contribution in [0, 0.1) is 0 Å². The minimum atomic E-state index is 0.129. The quantitative estimate of drug-likeness (QED) is 0.789. The highest BCUT2D eigenvalue weighted by Gasteiger charge is 2.28. The third kappa shape index (κ3) is 3.07. The van der Waals surface area contributed by atoms with Crippen LogP contribution in [0.5, 0.6) is 5.75 Å². The lowest BCUT2D eigenvalue weighted by molar-refractivity contribution is 0.0329. The lowest BCUT2D eigenvalue weighted by Crippen LogP contribution is -2.40. The van der Waals surface area contributed by atoms with E-state index in [0.717, 1.165) is 24.3 Å². The van der Waals surface area contributed by atoms with E-state index in [1.807, 2.05) is 32.0 Å². The summed E-state index contributed by atoms with van der Waals surface area (Å²) >= 11 is 0. The van der Waals surface area contributed by atoms with Crippen LogP contribution in [-0.4, -0.2) is 25.4 Å². The van der Waals surface area contributed by atoms with Crippen molar-refractivity contribution < 1.29 is 9.47 Å². The average molecular weight is 250 g/mol. The van der Waals surface area contributed by atoms with Crippen molar-refractivity contribution in [2.45, 2.75) is 44.9 Å². The van der Waals surface area contributed by atoms with E-state index in [0.29, 0.717) is 17.8 Å². The Balaban J connectivity index is 1.97. The summed E-state index contributed by atoms with van der Waals surface area (Å²) in [5.41, 5.74) is 7.62. The molecule has 1 saturated carbocycles. The van der Waals surface area contributed by atoms with Crippen molar-refractivity contribution in [1.82, 2.24) is 0 Å². The van der Waals surface area contributed by atoms with Gasteiger partial charge in [0.25, 0.3) is 0 Å². The maximum atomic E-state index is 5.89. The Morgan fingerprint density at radius 1 is 1.33 bits per heavy atom. The second-order valence-electron chi connectivity index (χ2n) is 5.09. The fourth-order valence-corrected chi connectivity index (χ4v) is 2.09. The zero-order valence-corrected chi connectivity index (χ0v) is 11.3. The van der Waals surface area contributed by atoms with Crippen LogP contribution in [0.2, 0.25) is 0 Å². The fraction of sp³-hybridized carbons (Fsp3) is 0.571. The van der Waals surface area contributed by atoms with Crippen LogP contribution in [0.15, 0.2) is 18.2 Å². The second kappa shape index (κ2) is 5.48. The number of nitrogens with two attached hydrogens (primary N) is 1. The van der Waals surface area contributed by atoms with E-state index in [1.54, 1.807) is 7.11 Å². The zero-order chi connectivity index (χ0) is 13.1.